The molecule has 0 unspecified atom stereocenters. The molecule has 1 fully saturated rings. The average Bonchev–Trinajstić information content (AvgIpc) is 3.44. The van der Waals surface area contributed by atoms with Crippen LogP contribution in [0.5, 0.6) is 5.75 Å². The van der Waals surface area contributed by atoms with Crippen molar-refractivity contribution in [2.75, 3.05) is 20.2 Å². The second kappa shape index (κ2) is 8.85. The molecule has 1 aliphatic heterocycles. The highest BCUT2D eigenvalue weighted by molar-refractivity contribution is 6.33. The molecule has 3 aromatic rings. The summed E-state index contributed by atoms with van der Waals surface area (Å²) < 4.78 is 8.49. The van der Waals surface area contributed by atoms with Gasteiger partial charge in [-0.1, -0.05) is 23.2 Å². The van der Waals surface area contributed by atoms with Gasteiger partial charge in [0.05, 0.1) is 17.8 Å². The smallest absolute Gasteiger partial charge is 0.261 e. The first-order valence-corrected chi connectivity index (χ1v) is 10.9. The molecule has 1 amide bonds. The maximum absolute atomic E-state index is 13.0. The van der Waals surface area contributed by atoms with Gasteiger partial charge in [0, 0.05) is 43.9 Å². The third kappa shape index (κ3) is 3.94. The molecule has 32 heavy (non-hydrogen) atoms. The molecule has 0 spiro atoms. The largest absolute Gasteiger partial charge is 0.495 e. The van der Waals surface area contributed by atoms with Gasteiger partial charge in [0.25, 0.3) is 5.54 Å². The van der Waals surface area contributed by atoms with E-state index < -0.39 is 5.54 Å². The zero-order valence-electron chi connectivity index (χ0n) is 17.8. The lowest BCUT2D eigenvalue weighted by Crippen LogP contribution is -2.45. The standard InChI is InChI=1S/C22H22Cl2N6O2/c1-15-20(24)21(29-10-4-9-26-29)27-30(15)14-19(31)28-11-7-22(25-2,8-12-28)16-5-6-17(23)18(13-16)32-3/h4-6,9-10,13H,7-8,11-12,14H2,1,3H3. The highest BCUT2D eigenvalue weighted by atomic mass is 35.5. The van der Waals surface area contributed by atoms with Crippen molar-refractivity contribution >= 4 is 29.1 Å². The van der Waals surface area contributed by atoms with Crippen molar-refractivity contribution in [3.8, 4) is 11.6 Å². The van der Waals surface area contributed by atoms with Crippen molar-refractivity contribution in [1.29, 1.82) is 0 Å². The van der Waals surface area contributed by atoms with Gasteiger partial charge in [0.1, 0.15) is 17.3 Å². The number of halogens is 2. The SMILES string of the molecule is [C-]#[N+]C1(c2ccc(Cl)c(OC)c2)CCN(C(=O)Cn2nc(-n3cccn3)c(Cl)c2C)CC1. The molecule has 0 atom stereocenters. The maximum atomic E-state index is 13.0. The minimum atomic E-state index is -0.702. The number of carbonyl (C=O) groups excluding carboxylic acids is 1. The first-order valence-electron chi connectivity index (χ1n) is 10.1. The predicted molar refractivity (Wildman–Crippen MR) is 121 cm³/mol. The molecule has 1 aliphatic rings. The topological polar surface area (TPSA) is 69.5 Å². The summed E-state index contributed by atoms with van der Waals surface area (Å²) in [6.07, 6.45) is 4.46. The Morgan fingerprint density at radius 3 is 2.69 bits per heavy atom. The van der Waals surface area contributed by atoms with Gasteiger partial charge in [-0.2, -0.15) is 10.2 Å². The van der Waals surface area contributed by atoms with Crippen LogP contribution in [0.3, 0.4) is 0 Å². The van der Waals surface area contributed by atoms with E-state index in [1.807, 2.05) is 19.1 Å². The lowest BCUT2D eigenvalue weighted by molar-refractivity contribution is -0.133. The number of carbonyl (C=O) groups is 1. The highest BCUT2D eigenvalue weighted by Crippen LogP contribution is 2.40. The van der Waals surface area contributed by atoms with Crippen LogP contribution in [0.15, 0.2) is 36.7 Å². The Balaban J connectivity index is 1.47. The van der Waals surface area contributed by atoms with E-state index in [-0.39, 0.29) is 12.5 Å². The summed E-state index contributed by atoms with van der Waals surface area (Å²) in [6.45, 7) is 10.7. The van der Waals surface area contributed by atoms with Crippen molar-refractivity contribution in [2.45, 2.75) is 31.8 Å². The Bertz CT molecular complexity index is 1170. The number of hydrogen-bond donors (Lipinski definition) is 0. The van der Waals surface area contributed by atoms with E-state index in [1.165, 1.54) is 0 Å². The van der Waals surface area contributed by atoms with Gasteiger partial charge < -0.3 is 14.5 Å². The summed E-state index contributed by atoms with van der Waals surface area (Å²) in [6, 6.07) is 7.22. The van der Waals surface area contributed by atoms with Crippen LogP contribution < -0.4 is 4.74 Å². The third-order valence-electron chi connectivity index (χ3n) is 5.97. The van der Waals surface area contributed by atoms with Crippen LogP contribution in [0, 0.1) is 13.5 Å². The van der Waals surface area contributed by atoms with Crippen LogP contribution in [0.4, 0.5) is 0 Å². The number of nitrogens with zero attached hydrogens (tertiary/aromatic N) is 6. The van der Waals surface area contributed by atoms with E-state index in [9.17, 15) is 4.79 Å². The third-order valence-corrected chi connectivity index (χ3v) is 6.72. The van der Waals surface area contributed by atoms with E-state index in [1.54, 1.807) is 45.9 Å². The monoisotopic (exact) mass is 472 g/mol. The normalized spacial score (nSPS) is 15.4. The van der Waals surface area contributed by atoms with E-state index in [2.05, 4.69) is 15.0 Å². The van der Waals surface area contributed by atoms with Crippen LogP contribution in [-0.4, -0.2) is 50.6 Å². The number of methoxy groups -OCH3 is 1. The molecular formula is C22H22Cl2N6O2. The molecule has 0 bridgehead atoms. The molecule has 8 nitrogen and oxygen atoms in total. The predicted octanol–water partition coefficient (Wildman–Crippen LogP) is 4.13. The van der Waals surface area contributed by atoms with Gasteiger partial charge in [0.2, 0.25) is 5.91 Å². The zero-order valence-corrected chi connectivity index (χ0v) is 19.3. The molecular weight excluding hydrogens is 451 g/mol. The molecule has 0 saturated carbocycles. The number of hydrogen-bond acceptors (Lipinski definition) is 4. The van der Waals surface area contributed by atoms with Crippen molar-refractivity contribution in [1.82, 2.24) is 24.5 Å². The molecule has 166 valence electrons. The van der Waals surface area contributed by atoms with Crippen LogP contribution in [0.25, 0.3) is 10.7 Å². The minimum Gasteiger partial charge on any atom is -0.495 e. The fraction of sp³-hybridized carbons (Fsp3) is 0.364. The molecule has 0 aliphatic carbocycles. The number of aromatic nitrogens is 4. The van der Waals surface area contributed by atoms with Gasteiger partial charge in [0.15, 0.2) is 5.82 Å². The fourth-order valence-corrected chi connectivity index (χ4v) is 4.39. The van der Waals surface area contributed by atoms with E-state index >= 15 is 0 Å². The first-order chi connectivity index (χ1) is 15.4. The second-order valence-electron chi connectivity index (χ2n) is 7.70. The van der Waals surface area contributed by atoms with Crippen LogP contribution in [0.2, 0.25) is 10.0 Å². The molecule has 2 aromatic heterocycles. The molecule has 3 heterocycles. The summed E-state index contributed by atoms with van der Waals surface area (Å²) in [5.74, 6) is 0.973. The van der Waals surface area contributed by atoms with E-state index in [0.717, 1.165) is 5.56 Å². The maximum Gasteiger partial charge on any atom is 0.261 e. The Morgan fingerprint density at radius 2 is 2.06 bits per heavy atom. The first kappa shape index (κ1) is 22.2. The second-order valence-corrected chi connectivity index (χ2v) is 8.49. The quantitative estimate of drug-likeness (QED) is 0.523. The van der Waals surface area contributed by atoms with Crippen molar-refractivity contribution < 1.29 is 9.53 Å². The Morgan fingerprint density at radius 1 is 1.31 bits per heavy atom. The summed E-state index contributed by atoms with van der Waals surface area (Å²) >= 11 is 12.6. The molecule has 1 saturated heterocycles. The zero-order chi connectivity index (χ0) is 22.9. The number of ether oxygens (including phenoxy) is 1. The lowest BCUT2D eigenvalue weighted by atomic mass is 9.81. The van der Waals surface area contributed by atoms with E-state index in [0.29, 0.717) is 53.2 Å². The van der Waals surface area contributed by atoms with Crippen molar-refractivity contribution in [3.63, 3.8) is 0 Å². The Kier molecular flexibility index (Phi) is 6.13. The van der Waals surface area contributed by atoms with Gasteiger partial charge in [-0.15, -0.1) is 0 Å². The van der Waals surface area contributed by atoms with Gasteiger partial charge >= 0.3 is 0 Å². The Hall–Kier alpha value is -3.02. The molecule has 0 radical (unpaired) electrons. The summed E-state index contributed by atoms with van der Waals surface area (Å²) in [5, 5.41) is 9.60. The fourth-order valence-electron chi connectivity index (χ4n) is 3.97. The molecule has 0 N–H and O–H groups in total. The number of benzene rings is 1. The summed E-state index contributed by atoms with van der Waals surface area (Å²) in [5.41, 5.74) is 0.859. The highest BCUT2D eigenvalue weighted by Gasteiger charge is 2.43. The Labute approximate surface area is 196 Å². The van der Waals surface area contributed by atoms with E-state index in [4.69, 9.17) is 34.5 Å². The average molecular weight is 473 g/mol. The molecule has 4 rings (SSSR count). The number of amides is 1. The summed E-state index contributed by atoms with van der Waals surface area (Å²) in [4.78, 5) is 18.7. The van der Waals surface area contributed by atoms with Gasteiger partial charge in [-0.3, -0.25) is 9.48 Å². The molecule has 1 aromatic carbocycles. The lowest BCUT2D eigenvalue weighted by Gasteiger charge is -2.34. The molecule has 10 heteroatoms. The van der Waals surface area contributed by atoms with Crippen LogP contribution in [0.1, 0.15) is 24.1 Å². The van der Waals surface area contributed by atoms with Gasteiger partial charge in [-0.05, 0) is 31.2 Å². The van der Waals surface area contributed by atoms with Crippen molar-refractivity contribution in [3.05, 3.63) is 69.4 Å². The van der Waals surface area contributed by atoms with Gasteiger partial charge in [-0.25, -0.2) is 11.3 Å². The van der Waals surface area contributed by atoms with Crippen molar-refractivity contribution in [2.24, 2.45) is 0 Å². The number of rotatable bonds is 5. The van der Waals surface area contributed by atoms with Crippen LogP contribution in [-0.2, 0) is 16.9 Å². The minimum absolute atomic E-state index is 0.0634. The number of piperidine rings is 1. The number of likely N-dealkylation sites (tertiary alicyclic amines) is 1. The van der Waals surface area contributed by atoms with Crippen LogP contribution >= 0.6 is 23.2 Å². The summed E-state index contributed by atoms with van der Waals surface area (Å²) in [7, 11) is 1.55.